The third kappa shape index (κ3) is 3.93. The fourth-order valence-electron chi connectivity index (χ4n) is 4.30. The summed E-state index contributed by atoms with van der Waals surface area (Å²) in [6.07, 6.45) is 3.51. The Kier molecular flexibility index (Phi) is 5.97. The van der Waals surface area contributed by atoms with E-state index in [1.165, 1.54) is 0 Å². The summed E-state index contributed by atoms with van der Waals surface area (Å²) in [6.45, 7) is 9.46. The normalized spacial score (nSPS) is 21.3. The van der Waals surface area contributed by atoms with Crippen LogP contribution < -0.4 is 10.2 Å². The number of nitrogens with zero attached hydrogens (tertiary/aromatic N) is 2. The SMILES string of the molecule is CCCN(C(=O)C1CCN(c2cc(C)cc(C)c2)C1=O)C1CCNCC1. The van der Waals surface area contributed by atoms with E-state index < -0.39 is 5.92 Å². The van der Waals surface area contributed by atoms with Gasteiger partial charge < -0.3 is 15.1 Å². The van der Waals surface area contributed by atoms with Gasteiger partial charge in [0.1, 0.15) is 5.92 Å². The number of piperidine rings is 1. The number of hydrogen-bond acceptors (Lipinski definition) is 3. The van der Waals surface area contributed by atoms with Crippen molar-refractivity contribution in [1.29, 1.82) is 0 Å². The van der Waals surface area contributed by atoms with Crippen LogP contribution in [0.5, 0.6) is 0 Å². The number of benzene rings is 1. The summed E-state index contributed by atoms with van der Waals surface area (Å²) >= 11 is 0. The van der Waals surface area contributed by atoms with Crippen LogP contribution in [0.15, 0.2) is 18.2 Å². The highest BCUT2D eigenvalue weighted by Gasteiger charge is 2.41. The Balaban J connectivity index is 1.76. The van der Waals surface area contributed by atoms with Gasteiger partial charge in [0.2, 0.25) is 11.8 Å². The van der Waals surface area contributed by atoms with E-state index in [9.17, 15) is 9.59 Å². The van der Waals surface area contributed by atoms with Crippen molar-refractivity contribution in [1.82, 2.24) is 10.2 Å². The van der Waals surface area contributed by atoms with Crippen LogP contribution in [0.1, 0.15) is 43.7 Å². The van der Waals surface area contributed by atoms with Crippen molar-refractivity contribution in [3.63, 3.8) is 0 Å². The first-order chi connectivity index (χ1) is 12.5. The zero-order valence-electron chi connectivity index (χ0n) is 16.3. The molecule has 2 heterocycles. The largest absolute Gasteiger partial charge is 0.339 e. The van der Waals surface area contributed by atoms with E-state index in [0.29, 0.717) is 13.0 Å². The van der Waals surface area contributed by atoms with E-state index in [4.69, 9.17) is 0 Å². The molecule has 142 valence electrons. The molecule has 0 aliphatic carbocycles. The Morgan fingerprint density at radius 3 is 2.42 bits per heavy atom. The van der Waals surface area contributed by atoms with Gasteiger partial charge in [-0.2, -0.15) is 0 Å². The van der Waals surface area contributed by atoms with E-state index in [1.54, 1.807) is 4.90 Å². The van der Waals surface area contributed by atoms with Crippen molar-refractivity contribution >= 4 is 17.5 Å². The molecule has 1 aromatic rings. The summed E-state index contributed by atoms with van der Waals surface area (Å²) in [6, 6.07) is 6.45. The first-order valence-electron chi connectivity index (χ1n) is 9.92. The smallest absolute Gasteiger partial charge is 0.239 e. The minimum absolute atomic E-state index is 0.0324. The summed E-state index contributed by atoms with van der Waals surface area (Å²) < 4.78 is 0. The molecular formula is C21H31N3O2. The van der Waals surface area contributed by atoms with Gasteiger partial charge in [-0.05, 0) is 75.9 Å². The highest BCUT2D eigenvalue weighted by atomic mass is 16.2. The molecule has 0 bridgehead atoms. The topological polar surface area (TPSA) is 52.7 Å². The first-order valence-corrected chi connectivity index (χ1v) is 9.92. The molecule has 1 unspecified atom stereocenters. The van der Waals surface area contributed by atoms with E-state index in [1.807, 2.05) is 30.9 Å². The number of carbonyl (C=O) groups excluding carboxylic acids is 2. The van der Waals surface area contributed by atoms with E-state index in [2.05, 4.69) is 18.3 Å². The molecule has 1 N–H and O–H groups in total. The molecule has 2 aliphatic heterocycles. The number of anilines is 1. The zero-order valence-corrected chi connectivity index (χ0v) is 16.3. The van der Waals surface area contributed by atoms with Gasteiger partial charge in [0.05, 0.1) is 0 Å². The molecule has 0 radical (unpaired) electrons. The third-order valence-corrected chi connectivity index (χ3v) is 5.52. The van der Waals surface area contributed by atoms with E-state index >= 15 is 0 Å². The van der Waals surface area contributed by atoms with Gasteiger partial charge in [-0.3, -0.25) is 9.59 Å². The van der Waals surface area contributed by atoms with Gasteiger partial charge in [0.15, 0.2) is 0 Å². The van der Waals surface area contributed by atoms with Crippen molar-refractivity contribution in [3.05, 3.63) is 29.3 Å². The lowest BCUT2D eigenvalue weighted by molar-refractivity contribution is -0.142. The number of nitrogens with one attached hydrogen (secondary N) is 1. The molecule has 1 aromatic carbocycles. The summed E-state index contributed by atoms with van der Waals surface area (Å²) in [7, 11) is 0. The van der Waals surface area contributed by atoms with Gasteiger partial charge in [0, 0.05) is 24.8 Å². The van der Waals surface area contributed by atoms with Crippen LogP contribution in [0.4, 0.5) is 5.69 Å². The number of aryl methyl sites for hydroxylation is 2. The molecule has 3 rings (SSSR count). The van der Waals surface area contributed by atoms with Crippen LogP contribution in [0.2, 0.25) is 0 Å². The quantitative estimate of drug-likeness (QED) is 0.824. The minimum Gasteiger partial charge on any atom is -0.339 e. The number of hydrogen-bond donors (Lipinski definition) is 1. The molecule has 2 amide bonds. The predicted molar refractivity (Wildman–Crippen MR) is 104 cm³/mol. The Bertz CT molecular complexity index is 647. The van der Waals surface area contributed by atoms with Crippen molar-refractivity contribution in [2.75, 3.05) is 31.1 Å². The summed E-state index contributed by atoms with van der Waals surface area (Å²) in [5, 5.41) is 3.35. The van der Waals surface area contributed by atoms with Gasteiger partial charge >= 0.3 is 0 Å². The van der Waals surface area contributed by atoms with Crippen LogP contribution >= 0.6 is 0 Å². The fraction of sp³-hybridized carbons (Fsp3) is 0.619. The van der Waals surface area contributed by atoms with Crippen LogP contribution in [0.3, 0.4) is 0 Å². The number of carbonyl (C=O) groups is 2. The molecule has 0 spiro atoms. The molecule has 2 saturated heterocycles. The maximum absolute atomic E-state index is 13.2. The highest BCUT2D eigenvalue weighted by Crippen LogP contribution is 2.29. The molecule has 0 aromatic heterocycles. The average molecular weight is 357 g/mol. The Morgan fingerprint density at radius 1 is 1.15 bits per heavy atom. The lowest BCUT2D eigenvalue weighted by Crippen LogP contribution is -2.49. The summed E-state index contributed by atoms with van der Waals surface area (Å²) in [5.41, 5.74) is 3.21. The van der Waals surface area contributed by atoms with Gasteiger partial charge in [-0.25, -0.2) is 0 Å². The standard InChI is InChI=1S/C21H31N3O2/c1-4-10-23(17-5-8-22-9-6-17)20(25)19-7-11-24(21(19)26)18-13-15(2)12-16(3)14-18/h12-14,17,19,22H,4-11H2,1-3H3. The van der Waals surface area contributed by atoms with Gasteiger partial charge in [-0.15, -0.1) is 0 Å². The second kappa shape index (κ2) is 8.21. The monoisotopic (exact) mass is 357 g/mol. The lowest BCUT2D eigenvalue weighted by atomic mass is 10.00. The molecular weight excluding hydrogens is 326 g/mol. The van der Waals surface area contributed by atoms with Gasteiger partial charge in [0.25, 0.3) is 0 Å². The maximum Gasteiger partial charge on any atom is 0.239 e. The maximum atomic E-state index is 13.2. The summed E-state index contributed by atoms with van der Waals surface area (Å²) in [4.78, 5) is 30.0. The fourth-order valence-corrected chi connectivity index (χ4v) is 4.30. The third-order valence-electron chi connectivity index (χ3n) is 5.52. The lowest BCUT2D eigenvalue weighted by Gasteiger charge is -2.35. The van der Waals surface area contributed by atoms with E-state index in [0.717, 1.165) is 55.7 Å². The number of amides is 2. The molecule has 0 saturated carbocycles. The summed E-state index contributed by atoms with van der Waals surface area (Å²) in [5.74, 6) is -0.511. The van der Waals surface area contributed by atoms with Crippen LogP contribution in [0.25, 0.3) is 0 Å². The van der Waals surface area contributed by atoms with Crippen molar-refractivity contribution in [2.45, 2.75) is 52.5 Å². The van der Waals surface area contributed by atoms with Crippen LogP contribution in [0, 0.1) is 19.8 Å². The first kappa shape index (κ1) is 18.9. The molecule has 2 fully saturated rings. The predicted octanol–water partition coefficient (Wildman–Crippen LogP) is 2.65. The van der Waals surface area contributed by atoms with Crippen molar-refractivity contribution in [2.24, 2.45) is 5.92 Å². The van der Waals surface area contributed by atoms with E-state index in [-0.39, 0.29) is 17.9 Å². The Labute approximate surface area is 156 Å². The molecule has 1 atom stereocenters. The minimum atomic E-state index is -0.516. The van der Waals surface area contributed by atoms with Crippen molar-refractivity contribution in [3.8, 4) is 0 Å². The zero-order chi connectivity index (χ0) is 18.7. The Morgan fingerprint density at radius 2 is 1.81 bits per heavy atom. The second-order valence-corrected chi connectivity index (χ2v) is 7.69. The van der Waals surface area contributed by atoms with Gasteiger partial charge in [-0.1, -0.05) is 13.0 Å². The molecule has 26 heavy (non-hydrogen) atoms. The van der Waals surface area contributed by atoms with Crippen molar-refractivity contribution < 1.29 is 9.59 Å². The van der Waals surface area contributed by atoms with Crippen LogP contribution in [-0.4, -0.2) is 48.9 Å². The molecule has 5 heteroatoms. The molecule has 2 aliphatic rings. The average Bonchev–Trinajstić information content (AvgIpc) is 3.00. The highest BCUT2D eigenvalue weighted by molar-refractivity contribution is 6.09. The van der Waals surface area contributed by atoms with Crippen LogP contribution in [-0.2, 0) is 9.59 Å². The second-order valence-electron chi connectivity index (χ2n) is 7.69. The molecule has 5 nitrogen and oxygen atoms in total. The Hall–Kier alpha value is -1.88. The number of rotatable bonds is 5.